The third-order valence-corrected chi connectivity index (χ3v) is 4.19. The van der Waals surface area contributed by atoms with E-state index in [4.69, 9.17) is 9.40 Å². The average molecular weight is 348 g/mol. The molecule has 0 atom stereocenters. The molecule has 0 bridgehead atoms. The highest BCUT2D eigenvalue weighted by Crippen LogP contribution is 2.32. The predicted octanol–water partition coefficient (Wildman–Crippen LogP) is 5.79. The normalized spacial score (nSPS) is 11.5. The third kappa shape index (κ3) is 3.93. The molecule has 0 unspecified atom stereocenters. The summed E-state index contributed by atoms with van der Waals surface area (Å²) in [5.41, 5.74) is 2.89. The molecule has 3 aromatic rings. The maximum atomic E-state index is 5.25. The zero-order valence-corrected chi connectivity index (χ0v) is 15.4. The number of imidazole rings is 1. The Labute approximate surface area is 149 Å². The first-order chi connectivity index (χ1) is 11.1. The number of nitrogens with one attached hydrogen (secondary N) is 1. The lowest BCUT2D eigenvalue weighted by Crippen LogP contribution is -2.31. The molecule has 3 heterocycles. The van der Waals surface area contributed by atoms with Crippen molar-refractivity contribution in [2.45, 2.75) is 52.0 Å². The van der Waals surface area contributed by atoms with Crippen LogP contribution < -0.4 is 5.32 Å². The van der Waals surface area contributed by atoms with Gasteiger partial charge in [-0.2, -0.15) is 0 Å². The van der Waals surface area contributed by atoms with Crippen LogP contribution in [0.4, 0.5) is 5.82 Å². The summed E-state index contributed by atoms with van der Waals surface area (Å²) < 4.78 is 7.37. The number of hydrogen-bond acceptors (Lipinski definition) is 3. The Morgan fingerprint density at radius 2 is 2.04 bits per heavy atom. The van der Waals surface area contributed by atoms with Crippen LogP contribution in [0.5, 0.6) is 0 Å². The number of hydrogen-bond donors (Lipinski definition) is 1. The Bertz CT molecular complexity index is 762. The molecule has 4 nitrogen and oxygen atoms in total. The summed E-state index contributed by atoms with van der Waals surface area (Å²) in [6.07, 6.45) is 10.4. The molecule has 24 heavy (non-hydrogen) atoms. The highest BCUT2D eigenvalue weighted by Gasteiger charge is 2.22. The fourth-order valence-electron chi connectivity index (χ4n) is 2.92. The number of rotatable bonds is 7. The molecule has 0 fully saturated rings. The largest absolute Gasteiger partial charge is 0.472 e. The first-order valence-corrected chi connectivity index (χ1v) is 8.38. The second-order valence-corrected chi connectivity index (χ2v) is 6.72. The topological polar surface area (TPSA) is 42.5 Å². The van der Waals surface area contributed by atoms with Gasteiger partial charge in [-0.1, -0.05) is 32.3 Å². The highest BCUT2D eigenvalue weighted by atomic mass is 35.5. The number of halogens is 1. The van der Waals surface area contributed by atoms with Gasteiger partial charge >= 0.3 is 0 Å². The van der Waals surface area contributed by atoms with E-state index in [2.05, 4.69) is 36.7 Å². The SMILES string of the molecule is CCCCCC(C)(C)Nc1c(-c2ccoc2)nc2ccccn12.Cl. The van der Waals surface area contributed by atoms with Gasteiger partial charge in [0, 0.05) is 17.3 Å². The van der Waals surface area contributed by atoms with Crippen LogP contribution in [0.3, 0.4) is 0 Å². The highest BCUT2D eigenvalue weighted by molar-refractivity contribution is 5.85. The molecule has 0 aliphatic carbocycles. The lowest BCUT2D eigenvalue weighted by Gasteiger charge is -2.27. The summed E-state index contributed by atoms with van der Waals surface area (Å²) in [5, 5.41) is 3.72. The molecule has 0 aliphatic rings. The molecule has 0 aliphatic heterocycles. The minimum Gasteiger partial charge on any atom is -0.472 e. The smallest absolute Gasteiger partial charge is 0.139 e. The number of aromatic nitrogens is 2. The van der Waals surface area contributed by atoms with Crippen LogP contribution in [0, 0.1) is 0 Å². The number of fused-ring (bicyclic) bond motifs is 1. The first-order valence-electron chi connectivity index (χ1n) is 8.38. The molecule has 0 saturated carbocycles. The average Bonchev–Trinajstić information content (AvgIpc) is 3.15. The van der Waals surface area contributed by atoms with Crippen LogP contribution in [0.25, 0.3) is 16.9 Å². The number of anilines is 1. The van der Waals surface area contributed by atoms with E-state index in [1.54, 1.807) is 12.5 Å². The third-order valence-electron chi connectivity index (χ3n) is 4.19. The van der Waals surface area contributed by atoms with Crippen molar-refractivity contribution in [3.63, 3.8) is 0 Å². The lowest BCUT2D eigenvalue weighted by atomic mass is 9.96. The summed E-state index contributed by atoms with van der Waals surface area (Å²) in [6, 6.07) is 8.02. The number of nitrogens with zero attached hydrogens (tertiary/aromatic N) is 2. The van der Waals surface area contributed by atoms with Crippen molar-refractivity contribution in [2.75, 3.05) is 5.32 Å². The van der Waals surface area contributed by atoms with Crippen LogP contribution in [0.2, 0.25) is 0 Å². The van der Waals surface area contributed by atoms with Crippen molar-refractivity contribution in [2.24, 2.45) is 0 Å². The molecule has 1 N–H and O–H groups in total. The van der Waals surface area contributed by atoms with Crippen LogP contribution in [-0.4, -0.2) is 14.9 Å². The van der Waals surface area contributed by atoms with Crippen LogP contribution in [0.1, 0.15) is 46.5 Å². The van der Waals surface area contributed by atoms with Gasteiger partial charge in [-0.15, -0.1) is 12.4 Å². The number of furan rings is 1. The summed E-state index contributed by atoms with van der Waals surface area (Å²) >= 11 is 0. The Hall–Kier alpha value is -1.94. The molecule has 130 valence electrons. The summed E-state index contributed by atoms with van der Waals surface area (Å²) in [7, 11) is 0. The lowest BCUT2D eigenvalue weighted by molar-refractivity contribution is 0.482. The molecule has 3 aromatic heterocycles. The van der Waals surface area contributed by atoms with E-state index in [1.165, 1.54) is 19.3 Å². The van der Waals surface area contributed by atoms with E-state index in [9.17, 15) is 0 Å². The van der Waals surface area contributed by atoms with Gasteiger partial charge in [0.1, 0.15) is 17.2 Å². The van der Waals surface area contributed by atoms with Crippen molar-refractivity contribution in [3.8, 4) is 11.3 Å². The van der Waals surface area contributed by atoms with Gasteiger partial charge in [-0.3, -0.25) is 4.40 Å². The van der Waals surface area contributed by atoms with E-state index in [0.717, 1.165) is 29.1 Å². The molecule has 0 radical (unpaired) electrons. The molecule has 0 amide bonds. The van der Waals surface area contributed by atoms with Gasteiger partial charge < -0.3 is 9.73 Å². The van der Waals surface area contributed by atoms with Gasteiger partial charge in [0.25, 0.3) is 0 Å². The van der Waals surface area contributed by atoms with E-state index in [0.29, 0.717) is 0 Å². The zero-order valence-electron chi connectivity index (χ0n) is 14.6. The summed E-state index contributed by atoms with van der Waals surface area (Å²) in [6.45, 7) is 6.75. The van der Waals surface area contributed by atoms with Crippen molar-refractivity contribution in [1.82, 2.24) is 9.38 Å². The fraction of sp³-hybridized carbons (Fsp3) is 0.421. The minimum absolute atomic E-state index is 0. The second-order valence-electron chi connectivity index (χ2n) is 6.72. The molecular weight excluding hydrogens is 322 g/mol. The van der Waals surface area contributed by atoms with Gasteiger partial charge in [-0.25, -0.2) is 4.98 Å². The first kappa shape index (κ1) is 18.4. The second kappa shape index (κ2) is 7.75. The number of pyridine rings is 1. The molecule has 5 heteroatoms. The van der Waals surface area contributed by atoms with Crippen LogP contribution >= 0.6 is 12.4 Å². The summed E-state index contributed by atoms with van der Waals surface area (Å²) in [5.74, 6) is 1.03. The maximum absolute atomic E-state index is 5.25. The molecule has 0 saturated heterocycles. The van der Waals surface area contributed by atoms with E-state index in [-0.39, 0.29) is 17.9 Å². The van der Waals surface area contributed by atoms with Gasteiger partial charge in [-0.05, 0) is 38.5 Å². The van der Waals surface area contributed by atoms with Crippen LogP contribution in [0.15, 0.2) is 47.4 Å². The standard InChI is InChI=1S/C19H25N3O.ClH/c1-4-5-7-11-19(2,3)21-18-17(15-10-13-23-14-15)20-16-9-6-8-12-22(16)18;/h6,8-10,12-14,21H,4-5,7,11H2,1-3H3;1H. The molecule has 0 spiro atoms. The van der Waals surface area contributed by atoms with Gasteiger partial charge in [0.05, 0.1) is 12.5 Å². The van der Waals surface area contributed by atoms with Gasteiger partial charge in [0.15, 0.2) is 0 Å². The van der Waals surface area contributed by atoms with Crippen molar-refractivity contribution < 1.29 is 4.42 Å². The fourth-order valence-corrected chi connectivity index (χ4v) is 2.92. The predicted molar refractivity (Wildman–Crippen MR) is 102 cm³/mol. The van der Waals surface area contributed by atoms with E-state index >= 15 is 0 Å². The Kier molecular flexibility index (Phi) is 5.94. The molecular formula is C19H26ClN3O. The minimum atomic E-state index is 0. The Balaban J connectivity index is 0.00000208. The van der Waals surface area contributed by atoms with E-state index in [1.807, 2.05) is 24.3 Å². The van der Waals surface area contributed by atoms with Crippen molar-refractivity contribution in [1.29, 1.82) is 0 Å². The van der Waals surface area contributed by atoms with Gasteiger partial charge in [0.2, 0.25) is 0 Å². The Morgan fingerprint density at radius 3 is 2.75 bits per heavy atom. The van der Waals surface area contributed by atoms with Crippen LogP contribution in [-0.2, 0) is 0 Å². The monoisotopic (exact) mass is 347 g/mol. The van der Waals surface area contributed by atoms with Crippen molar-refractivity contribution in [3.05, 3.63) is 43.0 Å². The molecule has 0 aromatic carbocycles. The Morgan fingerprint density at radius 1 is 1.21 bits per heavy atom. The number of unbranched alkanes of at least 4 members (excludes halogenated alkanes) is 2. The quantitative estimate of drug-likeness (QED) is 0.550. The molecule has 3 rings (SSSR count). The van der Waals surface area contributed by atoms with E-state index < -0.39 is 0 Å². The van der Waals surface area contributed by atoms with Crippen molar-refractivity contribution >= 4 is 23.9 Å². The zero-order chi connectivity index (χ0) is 16.3. The maximum Gasteiger partial charge on any atom is 0.139 e. The summed E-state index contributed by atoms with van der Waals surface area (Å²) in [4.78, 5) is 4.78.